The van der Waals surface area contributed by atoms with Gasteiger partial charge in [0.25, 0.3) is 0 Å². The molecule has 0 aliphatic rings. The van der Waals surface area contributed by atoms with Gasteiger partial charge >= 0.3 is 0 Å². The monoisotopic (exact) mass is 168 g/mol. The molecule has 2 heteroatoms. The van der Waals surface area contributed by atoms with Crippen molar-refractivity contribution in [3.8, 4) is 6.07 Å². The molecule has 0 saturated heterocycles. The highest BCUT2D eigenvalue weighted by Crippen LogP contribution is 2.17. The molecule has 0 bridgehead atoms. The van der Waals surface area contributed by atoms with Crippen LogP contribution in [-0.4, -0.2) is 5.87 Å². The molecule has 0 radical (unpaired) electrons. The molecule has 1 rings (SSSR count). The van der Waals surface area contributed by atoms with Crippen molar-refractivity contribution in [2.75, 3.05) is 0 Å². The molecule has 0 atom stereocenters. The molecule has 0 fully saturated rings. The van der Waals surface area contributed by atoms with Crippen LogP contribution in [0.1, 0.15) is 5.56 Å². The molecule has 1 aromatic carbocycles. The molecule has 0 spiro atoms. The highest BCUT2D eigenvalue weighted by molar-refractivity contribution is 5.90. The zero-order valence-electron chi connectivity index (χ0n) is 7.04. The Morgan fingerprint density at radius 2 is 1.92 bits per heavy atom. The summed E-state index contributed by atoms with van der Waals surface area (Å²) in [5.74, 6) is 2.06. The molecule has 0 saturated carbocycles. The first-order chi connectivity index (χ1) is 6.29. The Balaban J connectivity index is 3.08. The molecule has 0 amide bonds. The largest absolute Gasteiger partial charge is 0.258 e. The predicted molar refractivity (Wildman–Crippen MR) is 52.3 cm³/mol. The molecular weight excluding hydrogens is 160 g/mol. The SMILES string of the molecule is C=C(C(=C=N)C#N)c1ccccc1. The van der Waals surface area contributed by atoms with E-state index in [9.17, 15) is 0 Å². The lowest BCUT2D eigenvalue weighted by atomic mass is 10.0. The second-order valence-electron chi connectivity index (χ2n) is 2.46. The van der Waals surface area contributed by atoms with Gasteiger partial charge < -0.3 is 0 Å². The first-order valence-electron chi connectivity index (χ1n) is 3.74. The van der Waals surface area contributed by atoms with E-state index in [4.69, 9.17) is 10.7 Å². The van der Waals surface area contributed by atoms with Crippen LogP contribution in [0.4, 0.5) is 0 Å². The number of rotatable bonds is 2. The molecule has 2 nitrogen and oxygen atoms in total. The van der Waals surface area contributed by atoms with Gasteiger partial charge in [-0.25, -0.2) is 0 Å². The first-order valence-corrected chi connectivity index (χ1v) is 3.74. The van der Waals surface area contributed by atoms with E-state index in [2.05, 4.69) is 12.4 Å². The van der Waals surface area contributed by atoms with Crippen molar-refractivity contribution in [2.24, 2.45) is 0 Å². The van der Waals surface area contributed by atoms with Gasteiger partial charge in [-0.3, -0.25) is 5.41 Å². The molecular formula is C11H8N2. The minimum atomic E-state index is 0.172. The maximum absolute atomic E-state index is 8.63. The lowest BCUT2D eigenvalue weighted by molar-refractivity contribution is 1.50. The average Bonchev–Trinajstić information content (AvgIpc) is 2.21. The maximum atomic E-state index is 8.63. The molecule has 0 aromatic heterocycles. The van der Waals surface area contributed by atoms with Crippen LogP contribution >= 0.6 is 0 Å². The van der Waals surface area contributed by atoms with Crippen LogP contribution in [0.25, 0.3) is 5.57 Å². The topological polar surface area (TPSA) is 47.6 Å². The third-order valence-corrected chi connectivity index (χ3v) is 1.66. The van der Waals surface area contributed by atoms with Crippen LogP contribution in [0.3, 0.4) is 0 Å². The van der Waals surface area contributed by atoms with Crippen molar-refractivity contribution in [1.29, 1.82) is 10.7 Å². The van der Waals surface area contributed by atoms with Gasteiger partial charge in [0.15, 0.2) is 0 Å². The quantitative estimate of drug-likeness (QED) is 0.411. The Morgan fingerprint density at radius 3 is 2.38 bits per heavy atom. The Hall–Kier alpha value is -2.10. The number of allylic oxidation sites excluding steroid dienone is 2. The van der Waals surface area contributed by atoms with Crippen molar-refractivity contribution in [3.63, 3.8) is 0 Å². The number of hydrogen-bond donors (Lipinski definition) is 1. The summed E-state index contributed by atoms with van der Waals surface area (Å²) in [5.41, 5.74) is 1.56. The van der Waals surface area contributed by atoms with Crippen molar-refractivity contribution >= 4 is 11.4 Å². The minimum Gasteiger partial charge on any atom is -0.258 e. The van der Waals surface area contributed by atoms with E-state index < -0.39 is 0 Å². The van der Waals surface area contributed by atoms with Crippen LogP contribution in [0.2, 0.25) is 0 Å². The van der Waals surface area contributed by atoms with E-state index >= 15 is 0 Å². The molecule has 0 aliphatic heterocycles. The Kier molecular flexibility index (Phi) is 2.81. The van der Waals surface area contributed by atoms with Gasteiger partial charge in [-0.1, -0.05) is 36.9 Å². The maximum Gasteiger partial charge on any atom is 0.120 e. The molecule has 62 valence electrons. The molecule has 1 aromatic rings. The lowest BCUT2D eigenvalue weighted by Gasteiger charge is -2.00. The zero-order valence-corrected chi connectivity index (χ0v) is 7.04. The molecule has 0 heterocycles. The fourth-order valence-electron chi connectivity index (χ4n) is 0.955. The third-order valence-electron chi connectivity index (χ3n) is 1.66. The van der Waals surface area contributed by atoms with E-state index in [1.54, 1.807) is 0 Å². The summed E-state index contributed by atoms with van der Waals surface area (Å²) < 4.78 is 0. The normalized spacial score (nSPS) is 8.23. The summed E-state index contributed by atoms with van der Waals surface area (Å²) in [4.78, 5) is 0. The zero-order chi connectivity index (χ0) is 9.68. The van der Waals surface area contributed by atoms with E-state index in [1.165, 1.54) is 0 Å². The summed E-state index contributed by atoms with van der Waals surface area (Å²) in [7, 11) is 0. The van der Waals surface area contributed by atoms with Gasteiger partial charge in [-0.15, -0.1) is 0 Å². The van der Waals surface area contributed by atoms with Gasteiger partial charge in [0.05, 0.1) is 0 Å². The number of benzene rings is 1. The van der Waals surface area contributed by atoms with Crippen LogP contribution in [0, 0.1) is 16.7 Å². The minimum absolute atomic E-state index is 0.172. The molecule has 1 N–H and O–H groups in total. The number of nitrogens with one attached hydrogen (secondary N) is 1. The first kappa shape index (κ1) is 8.99. The molecule has 0 unspecified atom stereocenters. The van der Waals surface area contributed by atoms with Crippen LogP contribution in [0.15, 0.2) is 42.5 Å². The highest BCUT2D eigenvalue weighted by Gasteiger charge is 2.02. The summed E-state index contributed by atoms with van der Waals surface area (Å²) in [6, 6.07) is 11.2. The van der Waals surface area contributed by atoms with Crippen LogP contribution < -0.4 is 0 Å². The second-order valence-corrected chi connectivity index (χ2v) is 2.46. The average molecular weight is 168 g/mol. The van der Waals surface area contributed by atoms with Crippen LogP contribution in [0.5, 0.6) is 0 Å². The summed E-state index contributed by atoms with van der Waals surface area (Å²) >= 11 is 0. The van der Waals surface area contributed by atoms with E-state index in [0.717, 1.165) is 5.56 Å². The van der Waals surface area contributed by atoms with Crippen molar-refractivity contribution in [1.82, 2.24) is 0 Å². The predicted octanol–water partition coefficient (Wildman–Crippen LogP) is 2.40. The second kappa shape index (κ2) is 4.06. The van der Waals surface area contributed by atoms with Crippen molar-refractivity contribution < 1.29 is 0 Å². The highest BCUT2D eigenvalue weighted by atomic mass is 14.3. The Labute approximate surface area is 77.0 Å². The Morgan fingerprint density at radius 1 is 1.31 bits per heavy atom. The van der Waals surface area contributed by atoms with Gasteiger partial charge in [0.2, 0.25) is 0 Å². The summed E-state index contributed by atoms with van der Waals surface area (Å²) in [5, 5.41) is 15.5. The standard InChI is InChI=1S/C11H8N2/c1-9(11(7-12)8-13)10-5-3-2-4-6-10/h2-6,12H,1H2. The van der Waals surface area contributed by atoms with Gasteiger partial charge in [0, 0.05) is 5.57 Å². The summed E-state index contributed by atoms with van der Waals surface area (Å²) in [6.45, 7) is 3.72. The third kappa shape index (κ3) is 1.93. The number of nitrogens with zero attached hydrogens (tertiary/aromatic N) is 1. The van der Waals surface area contributed by atoms with E-state index in [0.29, 0.717) is 5.57 Å². The fourth-order valence-corrected chi connectivity index (χ4v) is 0.955. The summed E-state index contributed by atoms with van der Waals surface area (Å²) in [6.07, 6.45) is 0. The number of nitriles is 1. The van der Waals surface area contributed by atoms with E-state index in [-0.39, 0.29) is 5.57 Å². The lowest BCUT2D eigenvalue weighted by Crippen LogP contribution is -1.85. The Bertz CT molecular complexity index is 403. The van der Waals surface area contributed by atoms with Gasteiger partial charge in [-0.05, 0) is 11.4 Å². The molecule has 0 aliphatic carbocycles. The van der Waals surface area contributed by atoms with Crippen LogP contribution in [-0.2, 0) is 0 Å². The van der Waals surface area contributed by atoms with Gasteiger partial charge in [-0.2, -0.15) is 5.26 Å². The van der Waals surface area contributed by atoms with Gasteiger partial charge in [0.1, 0.15) is 11.6 Å². The molecule has 13 heavy (non-hydrogen) atoms. The number of hydrogen-bond acceptors (Lipinski definition) is 2. The van der Waals surface area contributed by atoms with Crippen molar-refractivity contribution in [2.45, 2.75) is 0 Å². The fraction of sp³-hybridized carbons (Fsp3) is 0. The van der Waals surface area contributed by atoms with E-state index in [1.807, 2.05) is 36.4 Å². The smallest absolute Gasteiger partial charge is 0.120 e. The van der Waals surface area contributed by atoms with Crippen molar-refractivity contribution in [3.05, 3.63) is 48.0 Å².